The Balaban J connectivity index is 1.48. The Kier molecular flexibility index (Phi) is 6.70. The van der Waals surface area contributed by atoms with Crippen LogP contribution in [0, 0.1) is 0 Å². The minimum absolute atomic E-state index is 0.0814. The lowest BCUT2D eigenvalue weighted by Crippen LogP contribution is -2.25. The summed E-state index contributed by atoms with van der Waals surface area (Å²) in [6.45, 7) is 2.63. The molecule has 9 nitrogen and oxygen atoms in total. The zero-order valence-corrected chi connectivity index (χ0v) is 20.3. The van der Waals surface area contributed by atoms with Gasteiger partial charge in [-0.2, -0.15) is 0 Å². The number of pyridine rings is 1. The van der Waals surface area contributed by atoms with Gasteiger partial charge in [-0.3, -0.25) is 14.1 Å². The minimum Gasteiger partial charge on any atom is -0.495 e. The number of imidazole rings is 1. The Morgan fingerprint density at radius 1 is 1.03 bits per heavy atom. The van der Waals surface area contributed by atoms with E-state index < -0.39 is 0 Å². The average Bonchev–Trinajstić information content (AvgIpc) is 3.57. The van der Waals surface area contributed by atoms with E-state index in [2.05, 4.69) is 32.5 Å². The first-order chi connectivity index (χ1) is 17.7. The van der Waals surface area contributed by atoms with Crippen molar-refractivity contribution in [2.45, 2.75) is 32.7 Å². The lowest BCUT2D eigenvalue weighted by Gasteiger charge is -2.10. The third-order valence-electron chi connectivity index (χ3n) is 6.22. The van der Waals surface area contributed by atoms with Crippen molar-refractivity contribution in [2.24, 2.45) is 0 Å². The predicted octanol–water partition coefficient (Wildman–Crippen LogP) is 4.28. The Bertz CT molecular complexity index is 1500. The molecule has 0 spiro atoms. The summed E-state index contributed by atoms with van der Waals surface area (Å²) in [5, 5.41) is 14.2. The number of para-hydroxylation sites is 2. The highest BCUT2D eigenvalue weighted by Crippen LogP contribution is 2.29. The van der Waals surface area contributed by atoms with Gasteiger partial charge < -0.3 is 4.74 Å². The maximum Gasteiger partial charge on any atom is 0.333 e. The minimum atomic E-state index is -0.0814. The Hall–Kier alpha value is -4.53. The topological polar surface area (TPSA) is 104 Å². The molecule has 0 radical (unpaired) electrons. The maximum absolute atomic E-state index is 13.5. The number of aromatic amines is 1. The fraction of sp³-hybridized carbons (Fsp3) is 0.222. The van der Waals surface area contributed by atoms with Crippen LogP contribution in [0.2, 0.25) is 0 Å². The van der Waals surface area contributed by atoms with Crippen molar-refractivity contribution in [3.8, 4) is 34.0 Å². The van der Waals surface area contributed by atoms with Gasteiger partial charge in [-0.1, -0.05) is 49.7 Å². The second kappa shape index (κ2) is 10.4. The van der Waals surface area contributed by atoms with Gasteiger partial charge in [-0.05, 0) is 52.6 Å². The van der Waals surface area contributed by atoms with E-state index in [4.69, 9.17) is 4.74 Å². The van der Waals surface area contributed by atoms with Crippen molar-refractivity contribution >= 4 is 0 Å². The third kappa shape index (κ3) is 4.55. The van der Waals surface area contributed by atoms with Crippen molar-refractivity contribution in [2.75, 3.05) is 7.11 Å². The Morgan fingerprint density at radius 2 is 1.86 bits per heavy atom. The largest absolute Gasteiger partial charge is 0.495 e. The lowest BCUT2D eigenvalue weighted by molar-refractivity contribution is 0.412. The van der Waals surface area contributed by atoms with Crippen LogP contribution in [-0.4, -0.2) is 41.9 Å². The average molecular weight is 482 g/mol. The third-order valence-corrected chi connectivity index (χ3v) is 6.22. The molecule has 182 valence electrons. The highest BCUT2D eigenvalue weighted by atomic mass is 16.5. The van der Waals surface area contributed by atoms with E-state index in [1.54, 1.807) is 24.1 Å². The molecule has 0 unspecified atom stereocenters. The molecule has 5 rings (SSSR count). The lowest BCUT2D eigenvalue weighted by atomic mass is 10.0. The van der Waals surface area contributed by atoms with Gasteiger partial charge in [0.05, 0.1) is 19.3 Å². The molecule has 0 saturated heterocycles. The molecule has 2 aromatic carbocycles. The van der Waals surface area contributed by atoms with E-state index in [0.29, 0.717) is 18.1 Å². The maximum atomic E-state index is 13.5. The molecule has 5 aromatic rings. The molecule has 0 fully saturated rings. The fourth-order valence-electron chi connectivity index (χ4n) is 4.33. The molecular formula is C27H27N7O2. The molecule has 1 N–H and O–H groups in total. The number of nitrogens with zero attached hydrogens (tertiary/aromatic N) is 6. The summed E-state index contributed by atoms with van der Waals surface area (Å²) >= 11 is 0. The van der Waals surface area contributed by atoms with Gasteiger partial charge in [0.15, 0.2) is 5.82 Å². The molecule has 36 heavy (non-hydrogen) atoms. The van der Waals surface area contributed by atoms with Crippen molar-refractivity contribution in [1.82, 2.24) is 34.7 Å². The van der Waals surface area contributed by atoms with Crippen molar-refractivity contribution in [3.63, 3.8) is 0 Å². The van der Waals surface area contributed by atoms with E-state index in [0.717, 1.165) is 52.9 Å². The summed E-state index contributed by atoms with van der Waals surface area (Å²) in [5.41, 5.74) is 5.47. The predicted molar refractivity (Wildman–Crippen MR) is 137 cm³/mol. The number of methoxy groups -OCH3 is 1. The molecule has 3 aromatic heterocycles. The molecule has 0 amide bonds. The van der Waals surface area contributed by atoms with Gasteiger partial charge in [0.2, 0.25) is 0 Å². The number of rotatable bonds is 9. The van der Waals surface area contributed by atoms with Crippen LogP contribution >= 0.6 is 0 Å². The molecular weight excluding hydrogens is 454 g/mol. The van der Waals surface area contributed by atoms with Crippen LogP contribution in [0.15, 0.2) is 78.0 Å². The van der Waals surface area contributed by atoms with Crippen molar-refractivity contribution < 1.29 is 4.74 Å². The van der Waals surface area contributed by atoms with Gasteiger partial charge in [0, 0.05) is 35.4 Å². The highest BCUT2D eigenvalue weighted by Gasteiger charge is 2.16. The monoisotopic (exact) mass is 481 g/mol. The number of H-pyrrole nitrogens is 1. The van der Waals surface area contributed by atoms with Crippen LogP contribution in [0.3, 0.4) is 0 Å². The highest BCUT2D eigenvalue weighted by molar-refractivity contribution is 5.79. The summed E-state index contributed by atoms with van der Waals surface area (Å²) in [4.78, 5) is 17.8. The molecule has 0 atom stereocenters. The van der Waals surface area contributed by atoms with Gasteiger partial charge in [-0.15, -0.1) is 5.10 Å². The number of ether oxygens (including phenoxy) is 1. The van der Waals surface area contributed by atoms with E-state index in [1.807, 2.05) is 65.4 Å². The normalized spacial score (nSPS) is 11.1. The second-order valence-corrected chi connectivity index (χ2v) is 8.50. The number of aryl methyl sites for hydroxylation is 1. The first-order valence-electron chi connectivity index (χ1n) is 11.9. The van der Waals surface area contributed by atoms with Gasteiger partial charge >= 0.3 is 5.69 Å². The van der Waals surface area contributed by atoms with Gasteiger partial charge in [0.25, 0.3) is 0 Å². The molecule has 0 aliphatic carbocycles. The van der Waals surface area contributed by atoms with Crippen LogP contribution in [0.5, 0.6) is 5.75 Å². The molecule has 0 aliphatic heterocycles. The van der Waals surface area contributed by atoms with Crippen LogP contribution in [0.4, 0.5) is 0 Å². The van der Waals surface area contributed by atoms with Gasteiger partial charge in [-0.25, -0.2) is 9.89 Å². The van der Waals surface area contributed by atoms with Crippen LogP contribution in [0.1, 0.15) is 31.0 Å². The number of nitrogens with one attached hydrogen (secondary N) is 1. The smallest absolute Gasteiger partial charge is 0.333 e. The summed E-state index contributed by atoms with van der Waals surface area (Å²) in [6, 6.07) is 17.6. The quantitative estimate of drug-likeness (QED) is 0.337. The number of aromatic nitrogens is 7. The fourth-order valence-corrected chi connectivity index (χ4v) is 4.33. The Labute approximate surface area is 208 Å². The zero-order valence-electron chi connectivity index (χ0n) is 20.3. The van der Waals surface area contributed by atoms with E-state index in [9.17, 15) is 4.79 Å². The summed E-state index contributed by atoms with van der Waals surface area (Å²) in [5.74, 6) is 1.25. The van der Waals surface area contributed by atoms with Crippen LogP contribution in [-0.2, 0) is 13.0 Å². The molecule has 3 heterocycles. The van der Waals surface area contributed by atoms with Crippen LogP contribution in [0.25, 0.3) is 28.2 Å². The number of benzene rings is 2. The summed E-state index contributed by atoms with van der Waals surface area (Å²) < 4.78 is 9.05. The molecule has 0 bridgehead atoms. The van der Waals surface area contributed by atoms with Crippen molar-refractivity contribution in [3.05, 3.63) is 94.9 Å². The number of unbranched alkanes of at least 4 members (excludes halogenated alkanes) is 1. The van der Waals surface area contributed by atoms with Crippen molar-refractivity contribution in [1.29, 1.82) is 0 Å². The SMILES string of the molecule is CCCCc1cn(-c2ccccc2OC)c(=O)n1Cc1ccc(-c2cnccc2-c2nnn[nH]2)cc1. The molecule has 0 saturated carbocycles. The van der Waals surface area contributed by atoms with E-state index >= 15 is 0 Å². The summed E-state index contributed by atoms with van der Waals surface area (Å²) in [7, 11) is 1.62. The van der Waals surface area contributed by atoms with Crippen LogP contribution < -0.4 is 10.4 Å². The second-order valence-electron chi connectivity index (χ2n) is 8.50. The number of hydrogen-bond acceptors (Lipinski definition) is 6. The Morgan fingerprint density at radius 3 is 2.61 bits per heavy atom. The van der Waals surface area contributed by atoms with Gasteiger partial charge in [0.1, 0.15) is 5.75 Å². The first-order valence-corrected chi connectivity index (χ1v) is 11.9. The first kappa shape index (κ1) is 23.2. The van der Waals surface area contributed by atoms with E-state index in [1.165, 1.54) is 0 Å². The summed E-state index contributed by atoms with van der Waals surface area (Å²) in [6.07, 6.45) is 8.35. The number of tetrazole rings is 1. The number of hydrogen-bond donors (Lipinski definition) is 1. The molecule has 0 aliphatic rings. The van der Waals surface area contributed by atoms with E-state index in [-0.39, 0.29) is 5.69 Å². The zero-order chi connectivity index (χ0) is 24.9. The molecule has 9 heteroatoms. The standard InChI is InChI=1S/C27H27N7O2/c1-3-4-7-21-18-34(24-8-5-6-9-25(24)36-2)27(35)33(21)17-19-10-12-20(13-11-19)23-16-28-15-14-22(23)26-29-31-32-30-26/h5-6,8-16,18H,3-4,7,17H2,1-2H3,(H,29,30,31,32).